The molecule has 0 bridgehead atoms. The van der Waals surface area contributed by atoms with E-state index in [1.165, 1.54) is 21.8 Å². The van der Waals surface area contributed by atoms with Crippen molar-refractivity contribution in [2.24, 2.45) is 10.6 Å². The maximum atomic E-state index is 11.9. The first-order valence-corrected chi connectivity index (χ1v) is 12.6. The van der Waals surface area contributed by atoms with Gasteiger partial charge in [-0.2, -0.15) is 0 Å². The number of carbonyl (C=O) groups excluding carboxylic acids is 2. The predicted molar refractivity (Wildman–Crippen MR) is 111 cm³/mol. The highest BCUT2D eigenvalue weighted by Crippen LogP contribution is 2.45. The van der Waals surface area contributed by atoms with Crippen molar-refractivity contribution >= 4 is 55.4 Å². The molecule has 25 heavy (non-hydrogen) atoms. The molecule has 1 rings (SSSR count). The molecule has 0 spiro atoms. The summed E-state index contributed by atoms with van der Waals surface area (Å²) in [6, 6.07) is 0. The largest absolute Gasteiger partial charge is 0.355 e. The summed E-state index contributed by atoms with van der Waals surface area (Å²) in [7, 11) is 7.58. The smallest absolute Gasteiger partial charge is 0.223 e. The number of rotatable bonds is 13. The van der Waals surface area contributed by atoms with Gasteiger partial charge >= 0.3 is 0 Å². The summed E-state index contributed by atoms with van der Waals surface area (Å²) in [6.45, 7) is 6.44. The Morgan fingerprint density at radius 3 is 2.48 bits per heavy atom. The van der Waals surface area contributed by atoms with Crippen molar-refractivity contribution in [2.45, 2.75) is 45.4 Å². The summed E-state index contributed by atoms with van der Waals surface area (Å²) in [6.07, 6.45) is 0.751. The Bertz CT molecular complexity index is 456. The minimum Gasteiger partial charge on any atom is -0.355 e. The summed E-state index contributed by atoms with van der Waals surface area (Å²) >= 11 is 0. The molecule has 1 aliphatic rings. The maximum Gasteiger partial charge on any atom is 0.223 e. The molecule has 1 fully saturated rings. The average Bonchev–Trinajstić information content (AvgIpc) is 3.22. The molecule has 1 heterocycles. The summed E-state index contributed by atoms with van der Waals surface area (Å²) in [5, 5.41) is 11.2. The SMILES string of the molecule is CNSSCCC(=O)NCC(C)(C)C1OC1(C)NC(=O)CCSSN. The van der Waals surface area contributed by atoms with Crippen molar-refractivity contribution in [1.29, 1.82) is 0 Å². The van der Waals surface area contributed by atoms with Gasteiger partial charge in [0.15, 0.2) is 5.72 Å². The molecule has 0 radical (unpaired) electrons. The number of ether oxygens (including phenoxy) is 1. The third-order valence-electron chi connectivity index (χ3n) is 3.68. The van der Waals surface area contributed by atoms with Crippen LogP contribution < -0.4 is 20.5 Å². The lowest BCUT2D eigenvalue weighted by molar-refractivity contribution is -0.122. The Labute approximate surface area is 165 Å². The van der Waals surface area contributed by atoms with Crippen LogP contribution in [0.2, 0.25) is 0 Å². The minimum absolute atomic E-state index is 0.0278. The van der Waals surface area contributed by atoms with Crippen molar-refractivity contribution in [3.8, 4) is 0 Å². The van der Waals surface area contributed by atoms with E-state index < -0.39 is 5.72 Å². The van der Waals surface area contributed by atoms with E-state index in [4.69, 9.17) is 9.88 Å². The van der Waals surface area contributed by atoms with Gasteiger partial charge in [0, 0.05) is 36.3 Å². The molecular formula is C14H28N4O3S4. The highest BCUT2D eigenvalue weighted by atomic mass is 33.1. The van der Waals surface area contributed by atoms with Crippen molar-refractivity contribution in [2.75, 3.05) is 25.1 Å². The number of nitrogens with two attached hydrogens (primary N) is 1. The zero-order chi connectivity index (χ0) is 18.9. The van der Waals surface area contributed by atoms with Crippen LogP contribution in [0.5, 0.6) is 0 Å². The van der Waals surface area contributed by atoms with E-state index in [1.54, 1.807) is 10.8 Å². The van der Waals surface area contributed by atoms with Crippen LogP contribution in [0.3, 0.4) is 0 Å². The quantitative estimate of drug-likeness (QED) is 0.151. The lowest BCUT2D eigenvalue weighted by Crippen LogP contribution is -2.44. The fraction of sp³-hybridized carbons (Fsp3) is 0.857. The topological polar surface area (TPSA) is 109 Å². The number of hydrogen-bond acceptors (Lipinski definition) is 9. The Hall–Kier alpha value is 0.220. The molecule has 146 valence electrons. The van der Waals surface area contributed by atoms with Gasteiger partial charge in [-0.05, 0) is 35.9 Å². The Kier molecular flexibility index (Phi) is 10.4. The van der Waals surface area contributed by atoms with Crippen LogP contribution >= 0.6 is 43.5 Å². The molecule has 11 heteroatoms. The van der Waals surface area contributed by atoms with Gasteiger partial charge in [-0.15, -0.1) is 0 Å². The van der Waals surface area contributed by atoms with Crippen LogP contribution in [0.1, 0.15) is 33.6 Å². The second-order valence-electron chi connectivity index (χ2n) is 6.45. The molecular weight excluding hydrogens is 400 g/mol. The van der Waals surface area contributed by atoms with Crippen molar-refractivity contribution < 1.29 is 14.3 Å². The summed E-state index contributed by atoms with van der Waals surface area (Å²) in [5.74, 6) is 1.40. The highest BCUT2D eigenvalue weighted by Gasteiger charge is 2.60. The third-order valence-corrected chi connectivity index (χ3v) is 7.10. The third kappa shape index (κ3) is 8.63. The van der Waals surface area contributed by atoms with E-state index in [9.17, 15) is 9.59 Å². The lowest BCUT2D eigenvalue weighted by Gasteiger charge is -2.24. The van der Waals surface area contributed by atoms with Crippen molar-refractivity contribution in [3.05, 3.63) is 0 Å². The molecule has 1 aliphatic heterocycles. The van der Waals surface area contributed by atoms with Gasteiger partial charge in [0.25, 0.3) is 0 Å². The number of hydrogen-bond donors (Lipinski definition) is 4. The Balaban J connectivity index is 2.31. The van der Waals surface area contributed by atoms with E-state index in [0.717, 1.165) is 16.7 Å². The van der Waals surface area contributed by atoms with Gasteiger partial charge in [0.1, 0.15) is 6.10 Å². The predicted octanol–water partition coefficient (Wildman–Crippen LogP) is 1.91. The number of epoxide rings is 1. The number of nitrogens with one attached hydrogen (secondary N) is 3. The molecule has 0 aromatic rings. The van der Waals surface area contributed by atoms with Gasteiger partial charge in [-0.25, -0.2) is 0 Å². The van der Waals surface area contributed by atoms with E-state index >= 15 is 0 Å². The molecule has 1 saturated heterocycles. The molecule has 7 nitrogen and oxygen atoms in total. The van der Waals surface area contributed by atoms with Crippen LogP contribution in [0.25, 0.3) is 0 Å². The monoisotopic (exact) mass is 428 g/mol. The number of amides is 2. The molecule has 2 atom stereocenters. The molecule has 2 unspecified atom stereocenters. The van der Waals surface area contributed by atoms with Gasteiger partial charge in [0.2, 0.25) is 11.8 Å². The van der Waals surface area contributed by atoms with E-state index in [-0.39, 0.29) is 23.3 Å². The second kappa shape index (κ2) is 11.2. The van der Waals surface area contributed by atoms with Gasteiger partial charge in [0.05, 0.1) is 0 Å². The average molecular weight is 429 g/mol. The van der Waals surface area contributed by atoms with E-state index in [2.05, 4.69) is 15.4 Å². The van der Waals surface area contributed by atoms with Crippen LogP contribution in [-0.4, -0.2) is 48.7 Å². The summed E-state index contributed by atoms with van der Waals surface area (Å²) < 4.78 is 8.71. The van der Waals surface area contributed by atoms with Crippen LogP contribution in [0, 0.1) is 5.41 Å². The van der Waals surface area contributed by atoms with Gasteiger partial charge in [-0.3, -0.25) is 19.5 Å². The Morgan fingerprint density at radius 2 is 1.84 bits per heavy atom. The van der Waals surface area contributed by atoms with Gasteiger partial charge in [-0.1, -0.05) is 35.4 Å². The minimum atomic E-state index is -0.662. The van der Waals surface area contributed by atoms with Crippen molar-refractivity contribution in [1.82, 2.24) is 15.4 Å². The highest BCUT2D eigenvalue weighted by molar-refractivity contribution is 8.76. The van der Waals surface area contributed by atoms with E-state index in [1.807, 2.05) is 27.8 Å². The van der Waals surface area contributed by atoms with Crippen molar-refractivity contribution in [3.63, 3.8) is 0 Å². The first-order chi connectivity index (χ1) is 11.7. The van der Waals surface area contributed by atoms with Crippen LogP contribution in [0.15, 0.2) is 0 Å². The zero-order valence-electron chi connectivity index (χ0n) is 15.0. The standard InChI is InChI=1S/C14H28N4O3S4/c1-13(2,9-17-10(19)5-8-23-25-16-4)12-14(3,21-12)18-11(20)6-7-22-24-15/h12,16H,5-9,15H2,1-4H3,(H,17,19)(H,18,20). The molecule has 0 saturated carbocycles. The first-order valence-electron chi connectivity index (χ1n) is 7.94. The molecule has 0 aliphatic carbocycles. The van der Waals surface area contributed by atoms with E-state index in [0.29, 0.717) is 25.1 Å². The number of carbonyl (C=O) groups is 2. The first kappa shape index (κ1) is 23.3. The normalized spacial score (nSPS) is 22.5. The molecule has 0 aromatic heterocycles. The maximum absolute atomic E-state index is 11.9. The fourth-order valence-corrected chi connectivity index (χ4v) is 4.70. The van der Waals surface area contributed by atoms with Gasteiger partial charge < -0.3 is 15.4 Å². The van der Waals surface area contributed by atoms with Crippen LogP contribution in [0.4, 0.5) is 0 Å². The Morgan fingerprint density at radius 1 is 1.20 bits per heavy atom. The second-order valence-corrected chi connectivity index (χ2v) is 11.0. The molecule has 2 amide bonds. The lowest BCUT2D eigenvalue weighted by atomic mass is 9.85. The molecule has 0 aromatic carbocycles. The molecule has 5 N–H and O–H groups in total. The summed E-state index contributed by atoms with van der Waals surface area (Å²) in [5.41, 5.74) is -0.933. The zero-order valence-corrected chi connectivity index (χ0v) is 18.3. The summed E-state index contributed by atoms with van der Waals surface area (Å²) in [4.78, 5) is 23.9. The fourth-order valence-electron chi connectivity index (χ4n) is 2.48. The van der Waals surface area contributed by atoms with Crippen LogP contribution in [-0.2, 0) is 14.3 Å².